The number of hydrogen-bond acceptors (Lipinski definition) is 4. The lowest BCUT2D eigenvalue weighted by Crippen LogP contribution is -2.33. The fourth-order valence-corrected chi connectivity index (χ4v) is 4.09. The number of nitrogens with one attached hydrogen (secondary N) is 2. The van der Waals surface area contributed by atoms with Crippen LogP contribution in [0.1, 0.15) is 24.5 Å². The van der Waals surface area contributed by atoms with Crippen LogP contribution in [0.2, 0.25) is 0 Å². The molecule has 1 rings (SSSR count). The van der Waals surface area contributed by atoms with Gasteiger partial charge in [0.25, 0.3) is 0 Å². The molecule has 0 bridgehead atoms. The minimum Gasteiger partial charge on any atom is -0.316 e. The van der Waals surface area contributed by atoms with Gasteiger partial charge in [-0.2, -0.15) is 11.8 Å². The zero-order chi connectivity index (χ0) is 15.2. The molecule has 0 saturated heterocycles. The van der Waals surface area contributed by atoms with Gasteiger partial charge in [0.2, 0.25) is 10.0 Å². The van der Waals surface area contributed by atoms with Crippen molar-refractivity contribution in [2.45, 2.75) is 37.8 Å². The summed E-state index contributed by atoms with van der Waals surface area (Å²) in [6, 6.07) is 5.49. The molecule has 0 saturated carbocycles. The minimum atomic E-state index is -3.45. The summed E-state index contributed by atoms with van der Waals surface area (Å²) in [4.78, 5) is 0.376. The Morgan fingerprint density at radius 1 is 1.35 bits per heavy atom. The molecule has 1 atom stereocenters. The molecule has 1 aromatic carbocycles. The highest BCUT2D eigenvalue weighted by atomic mass is 32.2. The third-order valence-electron chi connectivity index (χ3n) is 3.03. The summed E-state index contributed by atoms with van der Waals surface area (Å²) in [6.45, 7) is 4.38. The van der Waals surface area contributed by atoms with Gasteiger partial charge >= 0.3 is 0 Å². The molecule has 0 amide bonds. The van der Waals surface area contributed by atoms with Gasteiger partial charge in [-0.15, -0.1) is 0 Å². The van der Waals surface area contributed by atoms with Crippen LogP contribution in [0.4, 0.5) is 0 Å². The number of rotatable bonds is 8. The van der Waals surface area contributed by atoms with Gasteiger partial charge in [-0.05, 0) is 56.5 Å². The largest absolute Gasteiger partial charge is 0.316 e. The van der Waals surface area contributed by atoms with Crippen LogP contribution in [0.15, 0.2) is 23.1 Å². The van der Waals surface area contributed by atoms with Crippen molar-refractivity contribution in [1.82, 2.24) is 10.0 Å². The Morgan fingerprint density at radius 2 is 2.05 bits per heavy atom. The SMILES string of the molecule is CNCc1ccc(C)c(S(=O)(=O)NC(C)CCSC)c1. The highest BCUT2D eigenvalue weighted by Crippen LogP contribution is 2.18. The Hall–Kier alpha value is -0.560. The predicted octanol–water partition coefficient (Wildman–Crippen LogP) is 2.13. The van der Waals surface area contributed by atoms with E-state index in [1.165, 1.54) is 0 Å². The van der Waals surface area contributed by atoms with Gasteiger partial charge in [0.05, 0.1) is 4.90 Å². The van der Waals surface area contributed by atoms with Gasteiger partial charge < -0.3 is 5.32 Å². The van der Waals surface area contributed by atoms with Gasteiger partial charge in [-0.1, -0.05) is 12.1 Å². The van der Waals surface area contributed by atoms with Crippen molar-refractivity contribution in [2.75, 3.05) is 19.1 Å². The van der Waals surface area contributed by atoms with E-state index in [0.717, 1.165) is 23.3 Å². The van der Waals surface area contributed by atoms with Crippen LogP contribution in [0.3, 0.4) is 0 Å². The number of benzene rings is 1. The van der Waals surface area contributed by atoms with Crippen LogP contribution in [0.25, 0.3) is 0 Å². The minimum absolute atomic E-state index is 0.0557. The number of aryl methyl sites for hydroxylation is 1. The molecule has 0 fully saturated rings. The summed E-state index contributed by atoms with van der Waals surface area (Å²) in [6.07, 6.45) is 2.85. The zero-order valence-electron chi connectivity index (χ0n) is 12.6. The Balaban J connectivity index is 2.93. The maximum absolute atomic E-state index is 12.4. The first-order valence-electron chi connectivity index (χ1n) is 6.66. The average Bonchev–Trinajstić information content (AvgIpc) is 2.38. The van der Waals surface area contributed by atoms with Crippen molar-refractivity contribution in [3.63, 3.8) is 0 Å². The van der Waals surface area contributed by atoms with E-state index in [-0.39, 0.29) is 6.04 Å². The Morgan fingerprint density at radius 3 is 2.65 bits per heavy atom. The Labute approximate surface area is 126 Å². The van der Waals surface area contributed by atoms with Gasteiger partial charge in [0.1, 0.15) is 0 Å². The number of thioether (sulfide) groups is 1. The Bertz CT molecular complexity index is 530. The third-order valence-corrected chi connectivity index (χ3v) is 5.41. The molecule has 0 heterocycles. The molecule has 0 aliphatic carbocycles. The lowest BCUT2D eigenvalue weighted by Gasteiger charge is -2.16. The van der Waals surface area contributed by atoms with E-state index in [9.17, 15) is 8.42 Å². The van der Waals surface area contributed by atoms with E-state index in [4.69, 9.17) is 0 Å². The van der Waals surface area contributed by atoms with Crippen molar-refractivity contribution in [3.8, 4) is 0 Å². The van der Waals surface area contributed by atoms with Crippen molar-refractivity contribution in [1.29, 1.82) is 0 Å². The van der Waals surface area contributed by atoms with Gasteiger partial charge in [-0.3, -0.25) is 0 Å². The van der Waals surface area contributed by atoms with E-state index in [0.29, 0.717) is 11.4 Å². The maximum atomic E-state index is 12.4. The number of sulfonamides is 1. The first kappa shape index (κ1) is 17.5. The second-order valence-electron chi connectivity index (χ2n) is 4.93. The molecule has 4 nitrogen and oxygen atoms in total. The van der Waals surface area contributed by atoms with Crippen molar-refractivity contribution in [2.24, 2.45) is 0 Å². The summed E-state index contributed by atoms with van der Waals surface area (Å²) in [7, 11) is -1.60. The average molecular weight is 316 g/mol. The lowest BCUT2D eigenvalue weighted by atomic mass is 10.1. The smallest absolute Gasteiger partial charge is 0.241 e. The van der Waals surface area contributed by atoms with Crippen molar-refractivity contribution in [3.05, 3.63) is 29.3 Å². The van der Waals surface area contributed by atoms with Crippen molar-refractivity contribution >= 4 is 21.8 Å². The molecule has 1 unspecified atom stereocenters. The van der Waals surface area contributed by atoms with Gasteiger partial charge in [0.15, 0.2) is 0 Å². The molecular formula is C14H24N2O2S2. The summed E-state index contributed by atoms with van der Waals surface area (Å²) in [5, 5.41) is 3.03. The van der Waals surface area contributed by atoms with Crippen LogP contribution >= 0.6 is 11.8 Å². The molecule has 20 heavy (non-hydrogen) atoms. The maximum Gasteiger partial charge on any atom is 0.241 e. The summed E-state index contributed by atoms with van der Waals surface area (Å²) in [5.41, 5.74) is 1.74. The fourth-order valence-electron chi connectivity index (χ4n) is 1.93. The highest BCUT2D eigenvalue weighted by Gasteiger charge is 2.19. The summed E-state index contributed by atoms with van der Waals surface area (Å²) in [5.74, 6) is 0.947. The van der Waals surface area contributed by atoms with E-state index in [2.05, 4.69) is 10.0 Å². The third kappa shape index (κ3) is 5.09. The molecule has 0 aliphatic heterocycles. The molecule has 6 heteroatoms. The predicted molar refractivity (Wildman–Crippen MR) is 86.7 cm³/mol. The molecule has 1 aromatic rings. The van der Waals surface area contributed by atoms with Crippen molar-refractivity contribution < 1.29 is 8.42 Å². The van der Waals surface area contributed by atoms with E-state index >= 15 is 0 Å². The normalized spacial score (nSPS) is 13.4. The molecule has 2 N–H and O–H groups in total. The first-order chi connectivity index (χ1) is 9.40. The first-order valence-corrected chi connectivity index (χ1v) is 9.53. The van der Waals surface area contributed by atoms with Crippen LogP contribution in [-0.4, -0.2) is 33.5 Å². The summed E-state index contributed by atoms with van der Waals surface area (Å²) >= 11 is 1.72. The van der Waals surface area contributed by atoms with Gasteiger partial charge in [-0.25, -0.2) is 13.1 Å². The van der Waals surface area contributed by atoms with Crippen LogP contribution in [0, 0.1) is 6.92 Å². The Kier molecular flexibility index (Phi) is 7.02. The van der Waals surface area contributed by atoms with Gasteiger partial charge in [0, 0.05) is 12.6 Å². The molecule has 0 aromatic heterocycles. The van der Waals surface area contributed by atoms with E-state index < -0.39 is 10.0 Å². The van der Waals surface area contributed by atoms with Crippen LogP contribution in [0.5, 0.6) is 0 Å². The second-order valence-corrected chi connectivity index (χ2v) is 7.60. The van der Waals surface area contributed by atoms with Crippen LogP contribution < -0.4 is 10.0 Å². The molecule has 0 radical (unpaired) electrons. The molecular weight excluding hydrogens is 292 g/mol. The quantitative estimate of drug-likeness (QED) is 0.771. The van der Waals surface area contributed by atoms with E-state index in [1.807, 2.05) is 39.3 Å². The second kappa shape index (κ2) is 8.02. The summed E-state index contributed by atoms with van der Waals surface area (Å²) < 4.78 is 27.6. The van der Waals surface area contributed by atoms with Crippen LogP contribution in [-0.2, 0) is 16.6 Å². The monoisotopic (exact) mass is 316 g/mol. The molecule has 0 aliphatic rings. The standard InChI is InChI=1S/C14H24N2O2S2/c1-11-5-6-13(10-15-3)9-14(11)20(17,18)16-12(2)7-8-19-4/h5-6,9,12,15-16H,7-8,10H2,1-4H3. The topological polar surface area (TPSA) is 58.2 Å². The number of hydrogen-bond donors (Lipinski definition) is 2. The highest BCUT2D eigenvalue weighted by molar-refractivity contribution is 7.98. The molecule has 114 valence electrons. The lowest BCUT2D eigenvalue weighted by molar-refractivity contribution is 0.556. The zero-order valence-corrected chi connectivity index (χ0v) is 14.2. The molecule has 0 spiro atoms. The fraction of sp³-hybridized carbons (Fsp3) is 0.571. The van der Waals surface area contributed by atoms with E-state index in [1.54, 1.807) is 17.8 Å².